The SMILES string of the molecule is O=C(NCC12C=CC(O1)C1C(=O)OC(=O)C12)c1ccc([N+](=O)[O-])cc1. The molecule has 1 amide bonds. The van der Waals surface area contributed by atoms with Crippen molar-refractivity contribution in [3.8, 4) is 0 Å². The fraction of sp³-hybridized carbons (Fsp3) is 0.312. The van der Waals surface area contributed by atoms with E-state index in [2.05, 4.69) is 10.1 Å². The highest BCUT2D eigenvalue weighted by Crippen LogP contribution is 2.50. The van der Waals surface area contributed by atoms with Gasteiger partial charge in [0.1, 0.15) is 17.4 Å². The van der Waals surface area contributed by atoms with Crippen LogP contribution in [0.3, 0.4) is 0 Å². The summed E-state index contributed by atoms with van der Waals surface area (Å²) in [6, 6.07) is 5.13. The number of carbonyl (C=O) groups excluding carboxylic acids is 3. The number of non-ortho nitro benzene ring substituents is 1. The zero-order valence-corrected chi connectivity index (χ0v) is 12.7. The number of hydrogen-bond donors (Lipinski definition) is 1. The fourth-order valence-corrected chi connectivity index (χ4v) is 3.57. The first-order valence-corrected chi connectivity index (χ1v) is 7.57. The molecule has 2 bridgehead atoms. The lowest BCUT2D eigenvalue weighted by Crippen LogP contribution is -2.47. The van der Waals surface area contributed by atoms with Gasteiger partial charge in [0.2, 0.25) is 0 Å². The smallest absolute Gasteiger partial charge is 0.320 e. The van der Waals surface area contributed by atoms with Gasteiger partial charge in [-0.15, -0.1) is 0 Å². The lowest BCUT2D eigenvalue weighted by Gasteiger charge is -2.27. The fourth-order valence-electron chi connectivity index (χ4n) is 3.57. The Morgan fingerprint density at radius 1 is 1.24 bits per heavy atom. The van der Waals surface area contributed by atoms with Crippen LogP contribution in [0.2, 0.25) is 0 Å². The van der Waals surface area contributed by atoms with Gasteiger partial charge in [-0.05, 0) is 12.1 Å². The minimum absolute atomic E-state index is 0.0145. The highest BCUT2D eigenvalue weighted by molar-refractivity contribution is 5.99. The molecular formula is C16H12N2O7. The second-order valence-electron chi connectivity index (χ2n) is 6.13. The second kappa shape index (κ2) is 5.21. The molecule has 0 radical (unpaired) electrons. The zero-order chi connectivity index (χ0) is 17.8. The van der Waals surface area contributed by atoms with Crippen LogP contribution in [-0.2, 0) is 19.1 Å². The van der Waals surface area contributed by atoms with Crippen molar-refractivity contribution < 1.29 is 28.8 Å². The third kappa shape index (κ3) is 2.23. The Kier molecular flexibility index (Phi) is 3.22. The molecule has 0 spiro atoms. The van der Waals surface area contributed by atoms with Gasteiger partial charge in [-0.25, -0.2) is 0 Å². The van der Waals surface area contributed by atoms with Crippen LogP contribution in [0.5, 0.6) is 0 Å². The molecule has 128 valence electrons. The quantitative estimate of drug-likeness (QED) is 0.275. The molecule has 1 aromatic carbocycles. The lowest BCUT2D eigenvalue weighted by molar-refractivity contribution is -0.384. The van der Waals surface area contributed by atoms with Gasteiger partial charge >= 0.3 is 11.9 Å². The molecule has 0 aromatic heterocycles. The lowest BCUT2D eigenvalue weighted by atomic mass is 9.77. The maximum Gasteiger partial charge on any atom is 0.320 e. The van der Waals surface area contributed by atoms with Crippen LogP contribution in [0, 0.1) is 22.0 Å². The number of nitro groups is 1. The number of ether oxygens (including phenoxy) is 2. The number of nitro benzene ring substituents is 1. The Hall–Kier alpha value is -3.07. The van der Waals surface area contributed by atoms with E-state index in [1.165, 1.54) is 24.3 Å². The predicted octanol–water partition coefficient (Wildman–Crippen LogP) is 0.348. The Morgan fingerprint density at radius 2 is 1.96 bits per heavy atom. The second-order valence-corrected chi connectivity index (χ2v) is 6.13. The number of nitrogens with zero attached hydrogens (tertiary/aromatic N) is 1. The maximum absolute atomic E-state index is 12.2. The average Bonchev–Trinajstić information content (AvgIpc) is 3.24. The summed E-state index contributed by atoms with van der Waals surface area (Å²) in [6.07, 6.45) is 2.84. The molecule has 3 aliphatic heterocycles. The monoisotopic (exact) mass is 344 g/mol. The highest BCUT2D eigenvalue weighted by Gasteiger charge is 2.66. The van der Waals surface area contributed by atoms with Crippen LogP contribution in [0.1, 0.15) is 10.4 Å². The molecule has 2 saturated heterocycles. The van der Waals surface area contributed by atoms with E-state index in [-0.39, 0.29) is 17.8 Å². The Bertz CT molecular complexity index is 831. The number of hydrogen-bond acceptors (Lipinski definition) is 7. The van der Waals surface area contributed by atoms with Crippen LogP contribution in [0.15, 0.2) is 36.4 Å². The molecule has 0 aliphatic carbocycles. The molecule has 9 nitrogen and oxygen atoms in total. The van der Waals surface area contributed by atoms with Gasteiger partial charge in [0.05, 0.1) is 17.6 Å². The molecule has 0 saturated carbocycles. The van der Waals surface area contributed by atoms with Gasteiger partial charge in [-0.1, -0.05) is 12.2 Å². The van der Waals surface area contributed by atoms with Crippen LogP contribution in [-0.4, -0.2) is 41.0 Å². The number of cyclic esters (lactones) is 2. The third-order valence-corrected chi connectivity index (χ3v) is 4.76. The van der Waals surface area contributed by atoms with Crippen molar-refractivity contribution in [3.63, 3.8) is 0 Å². The normalized spacial score (nSPS) is 31.8. The topological polar surface area (TPSA) is 125 Å². The number of fused-ring (bicyclic) bond motifs is 5. The Labute approximate surface area is 140 Å². The van der Waals surface area contributed by atoms with Crippen molar-refractivity contribution in [2.24, 2.45) is 11.8 Å². The first-order chi connectivity index (χ1) is 11.9. The van der Waals surface area contributed by atoms with Gasteiger partial charge < -0.3 is 14.8 Å². The van der Waals surface area contributed by atoms with E-state index in [0.717, 1.165) is 0 Å². The van der Waals surface area contributed by atoms with Crippen molar-refractivity contribution in [3.05, 3.63) is 52.1 Å². The van der Waals surface area contributed by atoms with E-state index in [9.17, 15) is 24.5 Å². The van der Waals surface area contributed by atoms with E-state index in [0.29, 0.717) is 0 Å². The molecule has 4 rings (SSSR count). The summed E-state index contributed by atoms with van der Waals surface area (Å²) in [6.45, 7) is -0.0145. The number of rotatable bonds is 4. The summed E-state index contributed by atoms with van der Waals surface area (Å²) in [4.78, 5) is 46.0. The largest absolute Gasteiger partial charge is 0.393 e. The van der Waals surface area contributed by atoms with Crippen LogP contribution in [0.4, 0.5) is 5.69 Å². The number of carbonyl (C=O) groups is 3. The first-order valence-electron chi connectivity index (χ1n) is 7.57. The van der Waals surface area contributed by atoms with Crippen molar-refractivity contribution in [1.82, 2.24) is 5.32 Å². The molecule has 3 heterocycles. The van der Waals surface area contributed by atoms with Gasteiger partial charge in [-0.3, -0.25) is 24.5 Å². The van der Waals surface area contributed by atoms with E-state index >= 15 is 0 Å². The first kappa shape index (κ1) is 15.5. The van der Waals surface area contributed by atoms with Crippen LogP contribution in [0.25, 0.3) is 0 Å². The Morgan fingerprint density at radius 3 is 2.64 bits per heavy atom. The minimum Gasteiger partial charge on any atom is -0.393 e. The van der Waals surface area contributed by atoms with Crippen LogP contribution >= 0.6 is 0 Å². The molecule has 4 unspecified atom stereocenters. The van der Waals surface area contributed by atoms with Gasteiger partial charge in [-0.2, -0.15) is 0 Å². The number of benzene rings is 1. The van der Waals surface area contributed by atoms with Crippen molar-refractivity contribution in [1.29, 1.82) is 0 Å². The van der Waals surface area contributed by atoms with E-state index < -0.39 is 46.3 Å². The summed E-state index contributed by atoms with van der Waals surface area (Å²) in [5, 5.41) is 13.3. The number of esters is 2. The summed E-state index contributed by atoms with van der Waals surface area (Å²) >= 11 is 0. The molecular weight excluding hydrogens is 332 g/mol. The minimum atomic E-state index is -1.10. The highest BCUT2D eigenvalue weighted by atomic mass is 16.6. The molecule has 1 aromatic rings. The van der Waals surface area contributed by atoms with E-state index in [4.69, 9.17) is 4.74 Å². The van der Waals surface area contributed by atoms with E-state index in [1.807, 2.05) is 0 Å². The Balaban J connectivity index is 1.49. The van der Waals surface area contributed by atoms with Gasteiger partial charge in [0.25, 0.3) is 11.6 Å². The standard InChI is InChI=1S/C16H12N2O7/c19-13(8-1-3-9(4-2-8)18(22)23)17-7-16-6-5-10(25-16)11-12(16)15(21)24-14(11)20/h1-6,10-12H,7H2,(H,17,19). The van der Waals surface area contributed by atoms with E-state index in [1.54, 1.807) is 12.2 Å². The van der Waals surface area contributed by atoms with Gasteiger partial charge in [0, 0.05) is 17.7 Å². The van der Waals surface area contributed by atoms with Crippen molar-refractivity contribution in [2.75, 3.05) is 6.54 Å². The summed E-state index contributed by atoms with van der Waals surface area (Å²) in [5.74, 6) is -3.16. The zero-order valence-electron chi connectivity index (χ0n) is 12.7. The average molecular weight is 344 g/mol. The summed E-state index contributed by atoms with van der Waals surface area (Å²) in [5.41, 5.74) is -0.985. The molecule has 25 heavy (non-hydrogen) atoms. The third-order valence-electron chi connectivity index (χ3n) is 4.76. The van der Waals surface area contributed by atoms with Crippen molar-refractivity contribution in [2.45, 2.75) is 11.7 Å². The summed E-state index contributed by atoms with van der Waals surface area (Å²) < 4.78 is 10.5. The van der Waals surface area contributed by atoms with Gasteiger partial charge in [0.15, 0.2) is 0 Å². The number of nitrogens with one attached hydrogen (secondary N) is 1. The van der Waals surface area contributed by atoms with Crippen LogP contribution < -0.4 is 5.32 Å². The molecule has 3 aliphatic rings. The predicted molar refractivity (Wildman–Crippen MR) is 80.3 cm³/mol. The molecule has 2 fully saturated rings. The summed E-state index contributed by atoms with van der Waals surface area (Å²) in [7, 11) is 0. The number of amides is 1. The van der Waals surface area contributed by atoms with Crippen molar-refractivity contribution >= 4 is 23.5 Å². The molecule has 9 heteroatoms. The maximum atomic E-state index is 12.2. The molecule has 1 N–H and O–H groups in total. The molecule has 4 atom stereocenters.